The lowest BCUT2D eigenvalue weighted by molar-refractivity contribution is -0.0701. The Bertz CT molecular complexity index is 573. The van der Waals surface area contributed by atoms with Crippen LogP contribution < -0.4 is 0 Å². The molecule has 0 spiro atoms. The third-order valence-electron chi connectivity index (χ3n) is 10.6. The highest BCUT2D eigenvalue weighted by atomic mass is 14.6. The molecule has 160 valence electrons. The number of allylic oxidation sites excluding steroid dienone is 2. The Labute approximate surface area is 176 Å². The Balaban J connectivity index is 1.49. The molecule has 0 aromatic heterocycles. The summed E-state index contributed by atoms with van der Waals surface area (Å²) in [5.41, 5.74) is 1.22. The maximum atomic E-state index is 2.75. The Kier molecular flexibility index (Phi) is 5.83. The van der Waals surface area contributed by atoms with Crippen molar-refractivity contribution < 1.29 is 0 Å². The minimum atomic E-state index is 0.605. The average molecular weight is 385 g/mol. The van der Waals surface area contributed by atoms with Crippen molar-refractivity contribution in [2.75, 3.05) is 0 Å². The molecule has 3 fully saturated rings. The SMILES string of the molecule is CC(C)CCCC(C)C1CCC2C3C=CC4CC(C)CCC4(C)C3CCC12C. The van der Waals surface area contributed by atoms with Crippen molar-refractivity contribution in [3.8, 4) is 0 Å². The van der Waals surface area contributed by atoms with Gasteiger partial charge in [0.05, 0.1) is 0 Å². The minimum Gasteiger partial charge on any atom is -0.0846 e. The van der Waals surface area contributed by atoms with Gasteiger partial charge in [-0.05, 0) is 96.7 Å². The van der Waals surface area contributed by atoms with Crippen molar-refractivity contribution >= 4 is 0 Å². The normalized spacial score (nSPS) is 48.8. The van der Waals surface area contributed by atoms with Crippen LogP contribution in [0.4, 0.5) is 0 Å². The van der Waals surface area contributed by atoms with Gasteiger partial charge in [-0.1, -0.05) is 79.4 Å². The summed E-state index contributed by atoms with van der Waals surface area (Å²) >= 11 is 0. The van der Waals surface area contributed by atoms with E-state index in [0.29, 0.717) is 10.8 Å². The van der Waals surface area contributed by atoms with Crippen molar-refractivity contribution in [1.82, 2.24) is 0 Å². The van der Waals surface area contributed by atoms with E-state index in [1.807, 2.05) is 0 Å². The van der Waals surface area contributed by atoms with E-state index in [-0.39, 0.29) is 0 Å². The van der Waals surface area contributed by atoms with E-state index in [9.17, 15) is 0 Å². The number of fused-ring (bicyclic) bond motifs is 5. The zero-order chi connectivity index (χ0) is 20.1. The quantitative estimate of drug-likeness (QED) is 0.417. The summed E-state index contributed by atoms with van der Waals surface area (Å²) in [4.78, 5) is 0. The molecule has 3 saturated carbocycles. The monoisotopic (exact) mass is 384 g/mol. The van der Waals surface area contributed by atoms with Crippen LogP contribution in [0, 0.1) is 58.2 Å². The summed E-state index contributed by atoms with van der Waals surface area (Å²) < 4.78 is 0. The van der Waals surface area contributed by atoms with Crippen molar-refractivity contribution in [2.24, 2.45) is 58.2 Å². The first kappa shape index (κ1) is 21.0. The molecule has 28 heavy (non-hydrogen) atoms. The number of hydrogen-bond acceptors (Lipinski definition) is 0. The third-order valence-corrected chi connectivity index (χ3v) is 10.6. The fourth-order valence-corrected chi connectivity index (χ4v) is 8.84. The second kappa shape index (κ2) is 7.77. The Morgan fingerprint density at radius 2 is 1.57 bits per heavy atom. The smallest absolute Gasteiger partial charge is 0.0166 e. The van der Waals surface area contributed by atoms with Gasteiger partial charge in [0, 0.05) is 0 Å². The Hall–Kier alpha value is -0.260. The second-order valence-corrected chi connectivity index (χ2v) is 12.7. The van der Waals surface area contributed by atoms with Crippen LogP contribution in [0.1, 0.15) is 106 Å². The van der Waals surface area contributed by atoms with Crippen molar-refractivity contribution in [3.05, 3.63) is 12.2 Å². The predicted molar refractivity (Wildman–Crippen MR) is 122 cm³/mol. The van der Waals surface area contributed by atoms with Gasteiger partial charge in [-0.2, -0.15) is 0 Å². The lowest BCUT2D eigenvalue weighted by atomic mass is 9.46. The summed E-state index contributed by atoms with van der Waals surface area (Å²) in [5, 5.41) is 0. The van der Waals surface area contributed by atoms with Crippen LogP contribution in [0.5, 0.6) is 0 Å². The van der Waals surface area contributed by atoms with Crippen LogP contribution in [0.2, 0.25) is 0 Å². The van der Waals surface area contributed by atoms with E-state index in [1.54, 1.807) is 0 Å². The highest BCUT2D eigenvalue weighted by molar-refractivity contribution is 5.18. The first-order valence-electron chi connectivity index (χ1n) is 12.9. The molecule has 9 atom stereocenters. The summed E-state index contributed by atoms with van der Waals surface area (Å²) in [6, 6.07) is 0. The van der Waals surface area contributed by atoms with E-state index in [0.717, 1.165) is 47.3 Å². The molecule has 4 rings (SSSR count). The summed E-state index contributed by atoms with van der Waals surface area (Å²) in [5.74, 6) is 7.42. The van der Waals surface area contributed by atoms with Crippen LogP contribution in [0.25, 0.3) is 0 Å². The van der Waals surface area contributed by atoms with Crippen molar-refractivity contribution in [1.29, 1.82) is 0 Å². The molecule has 0 heteroatoms. The van der Waals surface area contributed by atoms with E-state index in [4.69, 9.17) is 0 Å². The molecule has 0 aromatic carbocycles. The lowest BCUT2D eigenvalue weighted by Crippen LogP contribution is -2.51. The van der Waals surface area contributed by atoms with Gasteiger partial charge in [0.2, 0.25) is 0 Å². The molecular weight excluding hydrogens is 336 g/mol. The highest BCUT2D eigenvalue weighted by Crippen LogP contribution is 2.67. The third kappa shape index (κ3) is 3.43. The fraction of sp³-hybridized carbons (Fsp3) is 0.929. The fourth-order valence-electron chi connectivity index (χ4n) is 8.84. The second-order valence-electron chi connectivity index (χ2n) is 12.7. The first-order chi connectivity index (χ1) is 13.3. The molecule has 0 radical (unpaired) electrons. The Morgan fingerprint density at radius 3 is 2.32 bits per heavy atom. The molecule has 0 saturated heterocycles. The molecule has 0 bridgehead atoms. The summed E-state index contributed by atoms with van der Waals surface area (Å²) in [6.07, 6.45) is 20.3. The predicted octanol–water partition coefficient (Wildman–Crippen LogP) is 8.52. The lowest BCUT2D eigenvalue weighted by Gasteiger charge is -2.59. The maximum Gasteiger partial charge on any atom is -0.0166 e. The summed E-state index contributed by atoms with van der Waals surface area (Å²) in [6.45, 7) is 15.3. The van der Waals surface area contributed by atoms with E-state index in [1.165, 1.54) is 64.2 Å². The Morgan fingerprint density at radius 1 is 0.857 bits per heavy atom. The zero-order valence-corrected chi connectivity index (χ0v) is 19.8. The average Bonchev–Trinajstić information content (AvgIpc) is 2.99. The molecule has 0 aliphatic heterocycles. The van der Waals surface area contributed by atoms with Gasteiger partial charge in [0.1, 0.15) is 0 Å². The van der Waals surface area contributed by atoms with Crippen LogP contribution in [0.15, 0.2) is 12.2 Å². The van der Waals surface area contributed by atoms with E-state index >= 15 is 0 Å². The molecule has 0 amide bonds. The number of rotatable bonds is 5. The molecule has 4 aliphatic rings. The minimum absolute atomic E-state index is 0.605. The van der Waals surface area contributed by atoms with Crippen LogP contribution in [0.3, 0.4) is 0 Å². The van der Waals surface area contributed by atoms with Crippen molar-refractivity contribution in [3.63, 3.8) is 0 Å². The molecule has 0 heterocycles. The topological polar surface area (TPSA) is 0 Å². The molecule has 0 nitrogen and oxygen atoms in total. The van der Waals surface area contributed by atoms with Gasteiger partial charge in [-0.25, -0.2) is 0 Å². The molecule has 0 N–H and O–H groups in total. The van der Waals surface area contributed by atoms with E-state index < -0.39 is 0 Å². The van der Waals surface area contributed by atoms with Gasteiger partial charge in [-0.15, -0.1) is 0 Å². The number of hydrogen-bond donors (Lipinski definition) is 0. The maximum absolute atomic E-state index is 2.75. The van der Waals surface area contributed by atoms with E-state index in [2.05, 4.69) is 53.7 Å². The molecule has 4 aliphatic carbocycles. The van der Waals surface area contributed by atoms with Crippen LogP contribution >= 0.6 is 0 Å². The van der Waals surface area contributed by atoms with Gasteiger partial charge in [0.15, 0.2) is 0 Å². The van der Waals surface area contributed by atoms with Gasteiger partial charge >= 0.3 is 0 Å². The zero-order valence-electron chi connectivity index (χ0n) is 19.8. The molecule has 9 unspecified atom stereocenters. The largest absolute Gasteiger partial charge is 0.0846 e. The van der Waals surface area contributed by atoms with Gasteiger partial charge in [-0.3, -0.25) is 0 Å². The van der Waals surface area contributed by atoms with Crippen LogP contribution in [-0.4, -0.2) is 0 Å². The van der Waals surface area contributed by atoms with Gasteiger partial charge in [0.25, 0.3) is 0 Å². The highest BCUT2D eigenvalue weighted by Gasteiger charge is 2.59. The standard InChI is InChI=1S/C28H48/c1-19(2)8-7-9-21(4)24-12-13-25-23-11-10-22-18-20(3)14-16-27(22,5)26(23)15-17-28(24,25)6/h10-11,19-26H,7-9,12-18H2,1-6H3. The van der Waals surface area contributed by atoms with Gasteiger partial charge < -0.3 is 0 Å². The first-order valence-corrected chi connectivity index (χ1v) is 12.9. The summed E-state index contributed by atoms with van der Waals surface area (Å²) in [7, 11) is 0. The van der Waals surface area contributed by atoms with Crippen LogP contribution in [-0.2, 0) is 0 Å². The molecular formula is C28H48. The van der Waals surface area contributed by atoms with Crippen molar-refractivity contribution in [2.45, 2.75) is 106 Å². The molecule has 0 aromatic rings.